The standard InChI is InChI=1S/C17H24N4O2/c1-12-6-7-15(23-4)14(10-12)20-16-11-13(2)19-17(21-16)18-8-5-9-22-3/h6-7,10-11H,5,8-9H2,1-4H3,(H2,18,19,20,21). The minimum atomic E-state index is 0.607. The molecule has 0 aliphatic heterocycles. The van der Waals surface area contributed by atoms with E-state index >= 15 is 0 Å². The number of aryl methyl sites for hydroxylation is 2. The van der Waals surface area contributed by atoms with Gasteiger partial charge in [-0.25, -0.2) is 4.98 Å². The molecule has 1 heterocycles. The molecule has 2 rings (SSSR count). The Bertz CT molecular complexity index is 646. The van der Waals surface area contributed by atoms with E-state index < -0.39 is 0 Å². The highest BCUT2D eigenvalue weighted by atomic mass is 16.5. The minimum Gasteiger partial charge on any atom is -0.495 e. The van der Waals surface area contributed by atoms with Crippen molar-refractivity contribution in [1.29, 1.82) is 0 Å². The van der Waals surface area contributed by atoms with Crippen LogP contribution in [0.4, 0.5) is 17.5 Å². The van der Waals surface area contributed by atoms with Gasteiger partial charge in [-0.1, -0.05) is 6.07 Å². The van der Waals surface area contributed by atoms with Crippen LogP contribution in [0.1, 0.15) is 17.7 Å². The number of benzene rings is 1. The third-order valence-electron chi connectivity index (χ3n) is 3.28. The summed E-state index contributed by atoms with van der Waals surface area (Å²) in [4.78, 5) is 8.90. The Morgan fingerprint density at radius 1 is 1.09 bits per heavy atom. The first kappa shape index (κ1) is 17.0. The molecule has 0 unspecified atom stereocenters. The molecule has 0 atom stereocenters. The van der Waals surface area contributed by atoms with Gasteiger partial charge in [-0.15, -0.1) is 0 Å². The number of hydrogen-bond acceptors (Lipinski definition) is 6. The second kappa shape index (κ2) is 8.33. The van der Waals surface area contributed by atoms with Crippen molar-refractivity contribution in [2.24, 2.45) is 0 Å². The lowest BCUT2D eigenvalue weighted by Gasteiger charge is -2.13. The number of nitrogens with one attached hydrogen (secondary N) is 2. The van der Waals surface area contributed by atoms with Crippen LogP contribution in [0.3, 0.4) is 0 Å². The van der Waals surface area contributed by atoms with E-state index in [0.717, 1.165) is 41.5 Å². The fraction of sp³-hybridized carbons (Fsp3) is 0.412. The molecular formula is C17H24N4O2. The van der Waals surface area contributed by atoms with E-state index in [4.69, 9.17) is 9.47 Å². The molecular weight excluding hydrogens is 292 g/mol. The van der Waals surface area contributed by atoms with Gasteiger partial charge >= 0.3 is 0 Å². The molecule has 0 saturated carbocycles. The molecule has 2 aromatic rings. The first-order chi connectivity index (χ1) is 11.1. The van der Waals surface area contributed by atoms with E-state index in [1.54, 1.807) is 14.2 Å². The van der Waals surface area contributed by atoms with E-state index in [0.29, 0.717) is 12.6 Å². The molecule has 0 bridgehead atoms. The maximum atomic E-state index is 5.39. The van der Waals surface area contributed by atoms with Crippen LogP contribution in [-0.2, 0) is 4.74 Å². The highest BCUT2D eigenvalue weighted by molar-refractivity contribution is 5.65. The maximum absolute atomic E-state index is 5.39. The molecule has 0 radical (unpaired) electrons. The van der Waals surface area contributed by atoms with Gasteiger partial charge in [-0.3, -0.25) is 0 Å². The quantitative estimate of drug-likeness (QED) is 0.728. The Labute approximate surface area is 137 Å². The molecule has 0 spiro atoms. The molecule has 0 amide bonds. The number of anilines is 3. The van der Waals surface area contributed by atoms with Gasteiger partial charge in [0, 0.05) is 32.0 Å². The molecule has 6 heteroatoms. The summed E-state index contributed by atoms with van der Waals surface area (Å²) >= 11 is 0. The summed E-state index contributed by atoms with van der Waals surface area (Å²) in [7, 11) is 3.35. The van der Waals surface area contributed by atoms with Crippen molar-refractivity contribution < 1.29 is 9.47 Å². The summed E-state index contributed by atoms with van der Waals surface area (Å²) in [6.45, 7) is 5.47. The Morgan fingerprint density at radius 2 is 1.91 bits per heavy atom. The number of methoxy groups -OCH3 is 2. The van der Waals surface area contributed by atoms with Crippen molar-refractivity contribution in [3.8, 4) is 5.75 Å². The van der Waals surface area contributed by atoms with Gasteiger partial charge in [-0.05, 0) is 38.0 Å². The zero-order valence-electron chi connectivity index (χ0n) is 14.1. The predicted octanol–water partition coefficient (Wildman–Crippen LogP) is 3.29. The van der Waals surface area contributed by atoms with Crippen LogP contribution in [0.2, 0.25) is 0 Å². The topological polar surface area (TPSA) is 68.3 Å². The first-order valence-electron chi connectivity index (χ1n) is 7.62. The van der Waals surface area contributed by atoms with Crippen molar-refractivity contribution in [3.63, 3.8) is 0 Å². The third-order valence-corrected chi connectivity index (χ3v) is 3.28. The molecule has 124 valence electrons. The maximum Gasteiger partial charge on any atom is 0.224 e. The molecule has 0 aliphatic carbocycles. The van der Waals surface area contributed by atoms with Gasteiger partial charge in [-0.2, -0.15) is 4.98 Å². The Balaban J connectivity index is 2.13. The van der Waals surface area contributed by atoms with Crippen molar-refractivity contribution in [2.75, 3.05) is 38.0 Å². The number of rotatable bonds is 8. The molecule has 0 fully saturated rings. The lowest BCUT2D eigenvalue weighted by Crippen LogP contribution is -2.09. The van der Waals surface area contributed by atoms with Gasteiger partial charge in [0.05, 0.1) is 12.8 Å². The number of nitrogens with zero attached hydrogens (tertiary/aromatic N) is 2. The van der Waals surface area contributed by atoms with Crippen LogP contribution in [-0.4, -0.2) is 37.3 Å². The van der Waals surface area contributed by atoms with Gasteiger partial charge in [0.2, 0.25) is 5.95 Å². The zero-order valence-corrected chi connectivity index (χ0v) is 14.1. The molecule has 1 aromatic heterocycles. The van der Waals surface area contributed by atoms with Crippen molar-refractivity contribution in [2.45, 2.75) is 20.3 Å². The summed E-state index contributed by atoms with van der Waals surface area (Å²) in [5.41, 5.74) is 2.93. The molecule has 0 saturated heterocycles. The van der Waals surface area contributed by atoms with Gasteiger partial charge in [0.25, 0.3) is 0 Å². The fourth-order valence-corrected chi connectivity index (χ4v) is 2.19. The number of aromatic nitrogens is 2. The van der Waals surface area contributed by atoms with Crippen LogP contribution in [0.5, 0.6) is 5.75 Å². The van der Waals surface area contributed by atoms with Crippen molar-refractivity contribution in [3.05, 3.63) is 35.5 Å². The SMILES string of the molecule is COCCCNc1nc(C)cc(Nc2cc(C)ccc2OC)n1. The summed E-state index contributed by atoms with van der Waals surface area (Å²) < 4.78 is 10.4. The van der Waals surface area contributed by atoms with E-state index in [-0.39, 0.29) is 0 Å². The second-order valence-corrected chi connectivity index (χ2v) is 5.32. The second-order valence-electron chi connectivity index (χ2n) is 5.32. The lowest BCUT2D eigenvalue weighted by atomic mass is 10.2. The van der Waals surface area contributed by atoms with Crippen molar-refractivity contribution >= 4 is 17.5 Å². The highest BCUT2D eigenvalue weighted by Gasteiger charge is 2.07. The molecule has 2 N–H and O–H groups in total. The molecule has 1 aromatic carbocycles. The average molecular weight is 316 g/mol. The summed E-state index contributed by atoms with van der Waals surface area (Å²) in [5.74, 6) is 2.12. The van der Waals surface area contributed by atoms with Gasteiger partial charge < -0.3 is 20.1 Å². The number of hydrogen-bond donors (Lipinski definition) is 2. The highest BCUT2D eigenvalue weighted by Crippen LogP contribution is 2.28. The minimum absolute atomic E-state index is 0.607. The summed E-state index contributed by atoms with van der Waals surface area (Å²) in [6.07, 6.45) is 0.905. The Hall–Kier alpha value is -2.34. The lowest BCUT2D eigenvalue weighted by molar-refractivity contribution is 0.197. The third kappa shape index (κ3) is 5.10. The summed E-state index contributed by atoms with van der Waals surface area (Å²) in [5, 5.41) is 6.52. The molecule has 6 nitrogen and oxygen atoms in total. The first-order valence-corrected chi connectivity index (χ1v) is 7.62. The van der Waals surface area contributed by atoms with Gasteiger partial charge in [0.15, 0.2) is 0 Å². The predicted molar refractivity (Wildman–Crippen MR) is 92.8 cm³/mol. The number of ether oxygens (including phenoxy) is 2. The fourth-order valence-electron chi connectivity index (χ4n) is 2.19. The Morgan fingerprint density at radius 3 is 2.65 bits per heavy atom. The smallest absolute Gasteiger partial charge is 0.224 e. The molecule has 23 heavy (non-hydrogen) atoms. The van der Waals surface area contributed by atoms with Crippen LogP contribution in [0.15, 0.2) is 24.3 Å². The van der Waals surface area contributed by atoms with E-state index in [1.165, 1.54) is 0 Å². The average Bonchev–Trinajstić information content (AvgIpc) is 2.51. The van der Waals surface area contributed by atoms with Crippen molar-refractivity contribution in [1.82, 2.24) is 9.97 Å². The zero-order chi connectivity index (χ0) is 16.7. The van der Waals surface area contributed by atoms with E-state index in [2.05, 4.69) is 20.6 Å². The van der Waals surface area contributed by atoms with Crippen LogP contribution >= 0.6 is 0 Å². The summed E-state index contributed by atoms with van der Waals surface area (Å²) in [6, 6.07) is 7.89. The van der Waals surface area contributed by atoms with Gasteiger partial charge in [0.1, 0.15) is 11.6 Å². The normalized spacial score (nSPS) is 10.4. The largest absolute Gasteiger partial charge is 0.495 e. The Kier molecular flexibility index (Phi) is 6.17. The molecule has 0 aliphatic rings. The monoisotopic (exact) mass is 316 g/mol. The van der Waals surface area contributed by atoms with Crippen LogP contribution in [0.25, 0.3) is 0 Å². The van der Waals surface area contributed by atoms with Crippen LogP contribution < -0.4 is 15.4 Å². The van der Waals surface area contributed by atoms with E-state index in [9.17, 15) is 0 Å². The van der Waals surface area contributed by atoms with E-state index in [1.807, 2.05) is 38.1 Å². The van der Waals surface area contributed by atoms with Crippen LogP contribution in [0, 0.1) is 13.8 Å².